The van der Waals surface area contributed by atoms with Crippen LogP contribution in [0.15, 0.2) is 73.1 Å². The van der Waals surface area contributed by atoms with E-state index in [1.807, 2.05) is 19.1 Å². The van der Waals surface area contributed by atoms with Gasteiger partial charge < -0.3 is 14.6 Å². The Kier molecular flexibility index (Phi) is 4.85. The summed E-state index contributed by atoms with van der Waals surface area (Å²) in [5.74, 6) is -0.690. The van der Waals surface area contributed by atoms with E-state index in [0.29, 0.717) is 28.6 Å². The van der Waals surface area contributed by atoms with E-state index in [4.69, 9.17) is 9.47 Å². The van der Waals surface area contributed by atoms with E-state index in [2.05, 4.69) is 5.10 Å². The van der Waals surface area contributed by atoms with E-state index in [1.165, 1.54) is 4.68 Å². The van der Waals surface area contributed by atoms with Crippen LogP contribution in [0.2, 0.25) is 0 Å². The highest BCUT2D eigenvalue weighted by Crippen LogP contribution is 2.41. The van der Waals surface area contributed by atoms with Crippen molar-refractivity contribution in [2.75, 3.05) is 11.7 Å². The summed E-state index contributed by atoms with van der Waals surface area (Å²) in [6.07, 6.45) is 3.42. The SMILES string of the molecule is Cc1ccc[n+](C2=C(c3c(C)nn(-c4ccccc4)c3[O-])C(=O)N(c3ccc4c(c3)OCO4)C2=O)c1. The molecule has 0 fully saturated rings. The van der Waals surface area contributed by atoms with Crippen molar-refractivity contribution >= 4 is 28.8 Å². The first-order chi connectivity index (χ1) is 17.4. The molecule has 0 N–H and O–H groups in total. The maximum Gasteiger partial charge on any atom is 0.331 e. The number of para-hydroxylation sites is 1. The van der Waals surface area contributed by atoms with Crippen molar-refractivity contribution in [1.82, 2.24) is 9.78 Å². The van der Waals surface area contributed by atoms with Gasteiger partial charge in [0.15, 0.2) is 23.9 Å². The Bertz CT molecular complexity index is 1590. The molecular formula is C27H20N4O5. The lowest BCUT2D eigenvalue weighted by molar-refractivity contribution is -0.577. The fourth-order valence-electron chi connectivity index (χ4n) is 4.51. The number of carbonyl (C=O) groups excluding carboxylic acids is 2. The smallest absolute Gasteiger partial charge is 0.331 e. The molecule has 0 spiro atoms. The Balaban J connectivity index is 1.56. The number of benzene rings is 2. The van der Waals surface area contributed by atoms with Gasteiger partial charge in [-0.1, -0.05) is 18.2 Å². The zero-order valence-electron chi connectivity index (χ0n) is 19.5. The summed E-state index contributed by atoms with van der Waals surface area (Å²) in [4.78, 5) is 28.8. The molecule has 0 bridgehead atoms. The third kappa shape index (κ3) is 3.24. The minimum atomic E-state index is -0.615. The van der Waals surface area contributed by atoms with Crippen molar-refractivity contribution in [3.05, 3.63) is 89.9 Å². The van der Waals surface area contributed by atoms with Crippen LogP contribution in [0.1, 0.15) is 16.8 Å². The van der Waals surface area contributed by atoms with Crippen LogP contribution in [-0.2, 0) is 9.59 Å². The summed E-state index contributed by atoms with van der Waals surface area (Å²) in [5.41, 5.74) is 2.27. The van der Waals surface area contributed by atoms with Gasteiger partial charge in [0.2, 0.25) is 6.79 Å². The molecule has 2 aromatic carbocycles. The van der Waals surface area contributed by atoms with E-state index < -0.39 is 17.7 Å². The lowest BCUT2D eigenvalue weighted by atomic mass is 10.0. The number of aromatic nitrogens is 3. The molecule has 0 saturated carbocycles. The van der Waals surface area contributed by atoms with Crippen LogP contribution >= 0.6 is 0 Å². The Labute approximate surface area is 206 Å². The summed E-state index contributed by atoms with van der Waals surface area (Å²) in [7, 11) is 0. The molecule has 6 rings (SSSR count). The van der Waals surface area contributed by atoms with Crippen molar-refractivity contribution in [3.8, 4) is 23.1 Å². The van der Waals surface area contributed by atoms with Gasteiger partial charge in [-0.3, -0.25) is 9.59 Å². The molecule has 178 valence electrons. The van der Waals surface area contributed by atoms with E-state index >= 15 is 0 Å². The second-order valence-electron chi connectivity index (χ2n) is 8.51. The second kappa shape index (κ2) is 8.09. The molecular weight excluding hydrogens is 460 g/mol. The van der Waals surface area contributed by atoms with Crippen LogP contribution in [0.5, 0.6) is 17.4 Å². The summed E-state index contributed by atoms with van der Waals surface area (Å²) in [6.45, 7) is 3.60. The molecule has 0 radical (unpaired) electrons. The third-order valence-corrected chi connectivity index (χ3v) is 6.15. The summed E-state index contributed by atoms with van der Waals surface area (Å²) >= 11 is 0. The zero-order valence-corrected chi connectivity index (χ0v) is 19.5. The van der Waals surface area contributed by atoms with Crippen LogP contribution in [0.4, 0.5) is 5.69 Å². The predicted molar refractivity (Wildman–Crippen MR) is 127 cm³/mol. The minimum Gasteiger partial charge on any atom is -0.858 e. The van der Waals surface area contributed by atoms with Crippen LogP contribution in [0.25, 0.3) is 17.0 Å². The topological polar surface area (TPSA) is 101 Å². The molecule has 0 saturated heterocycles. The van der Waals surface area contributed by atoms with E-state index in [-0.39, 0.29) is 23.6 Å². The molecule has 2 aliphatic rings. The number of imide groups is 1. The second-order valence-corrected chi connectivity index (χ2v) is 8.51. The number of hydrogen-bond acceptors (Lipinski definition) is 6. The van der Waals surface area contributed by atoms with Gasteiger partial charge in [-0.15, -0.1) is 0 Å². The lowest BCUT2D eigenvalue weighted by Gasteiger charge is -2.16. The number of carbonyl (C=O) groups is 2. The van der Waals surface area contributed by atoms with Gasteiger partial charge in [0.05, 0.1) is 17.1 Å². The van der Waals surface area contributed by atoms with Crippen LogP contribution < -0.4 is 24.0 Å². The van der Waals surface area contributed by atoms with Gasteiger partial charge in [-0.2, -0.15) is 9.67 Å². The van der Waals surface area contributed by atoms with Crippen molar-refractivity contribution in [3.63, 3.8) is 0 Å². The fraction of sp³-hybridized carbons (Fsp3) is 0.111. The Morgan fingerprint density at radius 1 is 0.917 bits per heavy atom. The van der Waals surface area contributed by atoms with Crippen LogP contribution in [-0.4, -0.2) is 28.4 Å². The van der Waals surface area contributed by atoms with Gasteiger partial charge in [0.1, 0.15) is 5.57 Å². The maximum absolute atomic E-state index is 13.9. The van der Waals surface area contributed by atoms with Gasteiger partial charge >= 0.3 is 5.91 Å². The van der Waals surface area contributed by atoms with Crippen LogP contribution in [0, 0.1) is 13.8 Å². The molecule has 0 atom stereocenters. The Hall–Kier alpha value is -4.92. The first kappa shape index (κ1) is 21.6. The molecule has 2 amide bonds. The fourth-order valence-corrected chi connectivity index (χ4v) is 4.51. The van der Waals surface area contributed by atoms with Crippen molar-refractivity contribution in [2.45, 2.75) is 13.8 Å². The minimum absolute atomic E-state index is 0.00190. The molecule has 4 aromatic rings. The summed E-state index contributed by atoms with van der Waals surface area (Å²) in [6, 6.07) is 17.4. The molecule has 0 unspecified atom stereocenters. The highest BCUT2D eigenvalue weighted by molar-refractivity contribution is 6.53. The van der Waals surface area contributed by atoms with E-state index in [9.17, 15) is 14.7 Å². The lowest BCUT2D eigenvalue weighted by Crippen LogP contribution is -2.39. The average molecular weight is 480 g/mol. The number of ether oxygens (including phenoxy) is 2. The first-order valence-electron chi connectivity index (χ1n) is 11.3. The quantitative estimate of drug-likeness (QED) is 0.329. The molecule has 2 aliphatic heterocycles. The molecule has 2 aromatic heterocycles. The van der Waals surface area contributed by atoms with Crippen molar-refractivity contribution in [2.24, 2.45) is 0 Å². The molecule has 36 heavy (non-hydrogen) atoms. The number of nitrogens with zero attached hydrogens (tertiary/aromatic N) is 4. The average Bonchev–Trinajstić information content (AvgIpc) is 3.53. The zero-order chi connectivity index (χ0) is 25.0. The summed E-state index contributed by atoms with van der Waals surface area (Å²) < 4.78 is 13.6. The summed E-state index contributed by atoms with van der Waals surface area (Å²) in [5, 5.41) is 18.0. The first-order valence-corrected chi connectivity index (χ1v) is 11.3. The third-order valence-electron chi connectivity index (χ3n) is 6.15. The number of pyridine rings is 1. The molecule has 9 nitrogen and oxygen atoms in total. The molecule has 9 heteroatoms. The largest absolute Gasteiger partial charge is 0.858 e. The van der Waals surface area contributed by atoms with E-state index in [0.717, 1.165) is 10.5 Å². The Morgan fingerprint density at radius 2 is 1.69 bits per heavy atom. The normalized spacial score (nSPS) is 14.8. The monoisotopic (exact) mass is 480 g/mol. The van der Waals surface area contributed by atoms with Crippen molar-refractivity contribution in [1.29, 1.82) is 0 Å². The standard InChI is InChI=1S/C27H20N4O5/c1-16-7-6-12-29(14-16)24-23(22-17(2)28-31(26(22)33)18-8-4-3-5-9-18)25(32)30(27(24)34)19-10-11-20-21(13-19)36-15-35-20/h3-14H,15H2,1-2H3. The van der Waals surface area contributed by atoms with Gasteiger partial charge in [-0.25, -0.2) is 9.58 Å². The molecule has 0 aliphatic carbocycles. The van der Waals surface area contributed by atoms with Gasteiger partial charge in [0.25, 0.3) is 11.6 Å². The van der Waals surface area contributed by atoms with Crippen LogP contribution in [0.3, 0.4) is 0 Å². The van der Waals surface area contributed by atoms with Crippen molar-refractivity contribution < 1.29 is 28.7 Å². The number of hydrogen-bond donors (Lipinski definition) is 0. The highest BCUT2D eigenvalue weighted by Gasteiger charge is 2.47. The number of amides is 2. The van der Waals surface area contributed by atoms with Gasteiger partial charge in [0, 0.05) is 23.3 Å². The number of rotatable bonds is 4. The maximum atomic E-state index is 13.9. The predicted octanol–water partition coefficient (Wildman–Crippen LogP) is 2.52. The molecule has 4 heterocycles. The number of anilines is 1. The number of aryl methyl sites for hydroxylation is 2. The Morgan fingerprint density at radius 3 is 2.47 bits per heavy atom. The number of fused-ring (bicyclic) bond motifs is 1. The van der Waals surface area contributed by atoms with E-state index in [1.54, 1.807) is 72.4 Å². The highest BCUT2D eigenvalue weighted by atomic mass is 16.7. The van der Waals surface area contributed by atoms with Gasteiger partial charge in [-0.05, 0) is 50.1 Å².